The molecule has 0 unspecified atom stereocenters. The molecule has 0 aliphatic heterocycles. The maximum absolute atomic E-state index is 12.1. The Labute approximate surface area is 145 Å². The van der Waals surface area contributed by atoms with Crippen molar-refractivity contribution < 1.29 is 9.59 Å². The number of hydrogen-bond donors (Lipinski definition) is 2. The fourth-order valence-electron chi connectivity index (χ4n) is 1.96. The number of nitrogens with zero attached hydrogens (tertiary/aromatic N) is 2. The molecule has 2 amide bonds. The van der Waals surface area contributed by atoms with Crippen molar-refractivity contribution >= 4 is 23.6 Å². The summed E-state index contributed by atoms with van der Waals surface area (Å²) in [6.45, 7) is 2.75. The van der Waals surface area contributed by atoms with Crippen molar-refractivity contribution in [3.8, 4) is 0 Å². The van der Waals surface area contributed by atoms with Crippen LogP contribution in [0.3, 0.4) is 0 Å². The Morgan fingerprint density at radius 2 is 2.08 bits per heavy atom. The molecule has 0 spiro atoms. The standard InChI is InChI=1S/C17H20N4O2S/c1-2-24-16-10-14(5-8-19-16)17(23)20-9-6-15(22)21-12-13-4-3-7-18-11-13/h3-5,7-8,10-11H,2,6,9,12H2,1H3,(H,20,23)(H,21,22). The van der Waals surface area contributed by atoms with E-state index in [2.05, 4.69) is 20.6 Å². The van der Waals surface area contributed by atoms with Gasteiger partial charge in [-0.25, -0.2) is 4.98 Å². The molecule has 0 aromatic carbocycles. The highest BCUT2D eigenvalue weighted by Gasteiger charge is 2.08. The third-order valence-electron chi connectivity index (χ3n) is 3.14. The van der Waals surface area contributed by atoms with Gasteiger partial charge in [-0.15, -0.1) is 11.8 Å². The van der Waals surface area contributed by atoms with E-state index < -0.39 is 0 Å². The topological polar surface area (TPSA) is 84.0 Å². The molecular weight excluding hydrogens is 324 g/mol. The molecule has 0 saturated heterocycles. The van der Waals surface area contributed by atoms with Crippen LogP contribution in [0.2, 0.25) is 0 Å². The molecule has 0 atom stereocenters. The van der Waals surface area contributed by atoms with Crippen LogP contribution in [0.4, 0.5) is 0 Å². The van der Waals surface area contributed by atoms with E-state index in [0.29, 0.717) is 12.1 Å². The highest BCUT2D eigenvalue weighted by molar-refractivity contribution is 7.99. The maximum atomic E-state index is 12.1. The van der Waals surface area contributed by atoms with E-state index >= 15 is 0 Å². The van der Waals surface area contributed by atoms with Crippen molar-refractivity contribution in [2.45, 2.75) is 24.9 Å². The fraction of sp³-hybridized carbons (Fsp3) is 0.294. The van der Waals surface area contributed by atoms with Crippen LogP contribution < -0.4 is 10.6 Å². The molecule has 7 heteroatoms. The van der Waals surface area contributed by atoms with Gasteiger partial charge in [-0.05, 0) is 29.5 Å². The molecule has 2 heterocycles. The average Bonchev–Trinajstić information content (AvgIpc) is 2.61. The summed E-state index contributed by atoms with van der Waals surface area (Å²) in [5.74, 6) is 0.585. The molecule has 2 N–H and O–H groups in total. The Kier molecular flexibility index (Phi) is 7.22. The average molecular weight is 344 g/mol. The Morgan fingerprint density at radius 1 is 1.21 bits per heavy atom. The lowest BCUT2D eigenvalue weighted by molar-refractivity contribution is -0.121. The number of amides is 2. The quantitative estimate of drug-likeness (QED) is 0.716. The number of hydrogen-bond acceptors (Lipinski definition) is 5. The van der Waals surface area contributed by atoms with E-state index in [4.69, 9.17) is 0 Å². The van der Waals surface area contributed by atoms with Crippen LogP contribution >= 0.6 is 11.8 Å². The van der Waals surface area contributed by atoms with Crippen LogP contribution in [-0.4, -0.2) is 34.1 Å². The molecule has 0 radical (unpaired) electrons. The largest absolute Gasteiger partial charge is 0.352 e. The van der Waals surface area contributed by atoms with Gasteiger partial charge in [-0.2, -0.15) is 0 Å². The van der Waals surface area contributed by atoms with Crippen LogP contribution in [0.25, 0.3) is 0 Å². The monoisotopic (exact) mass is 344 g/mol. The minimum Gasteiger partial charge on any atom is -0.352 e. The second-order valence-electron chi connectivity index (χ2n) is 4.96. The zero-order valence-corrected chi connectivity index (χ0v) is 14.3. The lowest BCUT2D eigenvalue weighted by atomic mass is 10.2. The van der Waals surface area contributed by atoms with Crippen molar-refractivity contribution in [1.29, 1.82) is 0 Å². The van der Waals surface area contributed by atoms with Crippen LogP contribution in [0, 0.1) is 0 Å². The van der Waals surface area contributed by atoms with Crippen molar-refractivity contribution in [2.75, 3.05) is 12.3 Å². The summed E-state index contributed by atoms with van der Waals surface area (Å²) in [6.07, 6.45) is 5.24. The number of nitrogens with one attached hydrogen (secondary N) is 2. The van der Waals surface area contributed by atoms with E-state index in [1.54, 1.807) is 42.5 Å². The Hall–Kier alpha value is -2.41. The summed E-state index contributed by atoms with van der Waals surface area (Å²) in [4.78, 5) is 32.0. The van der Waals surface area contributed by atoms with Crippen LogP contribution in [0.1, 0.15) is 29.3 Å². The summed E-state index contributed by atoms with van der Waals surface area (Å²) >= 11 is 1.58. The molecule has 0 fully saturated rings. The second-order valence-corrected chi connectivity index (χ2v) is 6.24. The molecule has 24 heavy (non-hydrogen) atoms. The van der Waals surface area contributed by atoms with Gasteiger partial charge in [-0.3, -0.25) is 14.6 Å². The van der Waals surface area contributed by atoms with Gasteiger partial charge in [0.1, 0.15) is 0 Å². The Balaban J connectivity index is 1.72. The van der Waals surface area contributed by atoms with Crippen LogP contribution in [-0.2, 0) is 11.3 Å². The molecule has 0 saturated carbocycles. The van der Waals surface area contributed by atoms with Gasteiger partial charge in [0.15, 0.2) is 0 Å². The highest BCUT2D eigenvalue weighted by atomic mass is 32.2. The van der Waals surface area contributed by atoms with E-state index in [1.165, 1.54) is 0 Å². The first-order valence-corrected chi connectivity index (χ1v) is 8.70. The van der Waals surface area contributed by atoms with Gasteiger partial charge in [0, 0.05) is 43.7 Å². The van der Waals surface area contributed by atoms with Gasteiger partial charge in [-0.1, -0.05) is 13.0 Å². The number of rotatable bonds is 8. The minimum atomic E-state index is -0.199. The van der Waals surface area contributed by atoms with Crippen LogP contribution in [0.15, 0.2) is 47.9 Å². The van der Waals surface area contributed by atoms with Gasteiger partial charge in [0.25, 0.3) is 5.91 Å². The van der Waals surface area contributed by atoms with Crippen molar-refractivity contribution in [3.63, 3.8) is 0 Å². The second kappa shape index (κ2) is 9.67. The molecule has 6 nitrogen and oxygen atoms in total. The number of carbonyl (C=O) groups excluding carboxylic acids is 2. The van der Waals surface area contributed by atoms with Crippen LogP contribution in [0.5, 0.6) is 0 Å². The third-order valence-corrected chi connectivity index (χ3v) is 3.95. The van der Waals surface area contributed by atoms with Gasteiger partial charge in [0.05, 0.1) is 5.03 Å². The molecule has 2 rings (SSSR count). The van der Waals surface area contributed by atoms with E-state index in [1.807, 2.05) is 19.1 Å². The van der Waals surface area contributed by atoms with E-state index in [9.17, 15) is 9.59 Å². The molecule has 126 valence electrons. The smallest absolute Gasteiger partial charge is 0.251 e. The van der Waals surface area contributed by atoms with E-state index in [0.717, 1.165) is 16.3 Å². The predicted octanol–water partition coefficient (Wildman–Crippen LogP) is 2.02. The summed E-state index contributed by atoms with van der Waals surface area (Å²) in [5, 5.41) is 6.36. The lowest BCUT2D eigenvalue weighted by Crippen LogP contribution is -2.30. The number of thioether (sulfide) groups is 1. The summed E-state index contributed by atoms with van der Waals surface area (Å²) < 4.78 is 0. The highest BCUT2D eigenvalue weighted by Crippen LogP contribution is 2.15. The first-order chi connectivity index (χ1) is 11.7. The molecule has 0 aliphatic carbocycles. The summed E-state index contributed by atoms with van der Waals surface area (Å²) in [6, 6.07) is 7.13. The molecule has 2 aromatic heterocycles. The summed E-state index contributed by atoms with van der Waals surface area (Å²) in [5.41, 5.74) is 1.49. The van der Waals surface area contributed by atoms with Gasteiger partial charge in [0.2, 0.25) is 5.91 Å². The first kappa shape index (κ1) is 17.9. The van der Waals surface area contributed by atoms with Crippen molar-refractivity contribution in [1.82, 2.24) is 20.6 Å². The normalized spacial score (nSPS) is 10.2. The maximum Gasteiger partial charge on any atom is 0.251 e. The SMILES string of the molecule is CCSc1cc(C(=O)NCCC(=O)NCc2cccnc2)ccn1. The van der Waals surface area contributed by atoms with Crippen molar-refractivity contribution in [3.05, 3.63) is 54.0 Å². The molecular formula is C17H20N4O2S. The first-order valence-electron chi connectivity index (χ1n) is 7.71. The zero-order valence-electron chi connectivity index (χ0n) is 13.5. The van der Waals surface area contributed by atoms with E-state index in [-0.39, 0.29) is 24.8 Å². The summed E-state index contributed by atoms with van der Waals surface area (Å²) in [7, 11) is 0. The number of aromatic nitrogens is 2. The molecule has 2 aromatic rings. The number of carbonyl (C=O) groups is 2. The van der Waals surface area contributed by atoms with Gasteiger partial charge < -0.3 is 10.6 Å². The molecule has 0 aliphatic rings. The Morgan fingerprint density at radius 3 is 2.83 bits per heavy atom. The number of pyridine rings is 2. The molecule has 0 bridgehead atoms. The predicted molar refractivity (Wildman–Crippen MR) is 93.7 cm³/mol. The van der Waals surface area contributed by atoms with Gasteiger partial charge >= 0.3 is 0 Å². The Bertz CT molecular complexity index is 679. The fourth-order valence-corrected chi connectivity index (χ4v) is 2.60. The third kappa shape index (κ3) is 6.00. The minimum absolute atomic E-state index is 0.115. The zero-order chi connectivity index (χ0) is 17.2. The van der Waals surface area contributed by atoms with Crippen molar-refractivity contribution in [2.24, 2.45) is 0 Å². The lowest BCUT2D eigenvalue weighted by Gasteiger charge is -2.07.